The predicted octanol–water partition coefficient (Wildman–Crippen LogP) is 2.64. The van der Waals surface area contributed by atoms with Gasteiger partial charge in [-0.05, 0) is 27.7 Å². The van der Waals surface area contributed by atoms with Gasteiger partial charge in [-0.1, -0.05) is 11.6 Å². The molecule has 0 saturated carbocycles. The van der Waals surface area contributed by atoms with Crippen molar-refractivity contribution in [1.29, 1.82) is 0 Å². The summed E-state index contributed by atoms with van der Waals surface area (Å²) in [6.07, 6.45) is 3.90. The van der Waals surface area contributed by atoms with Crippen molar-refractivity contribution in [1.82, 2.24) is 9.97 Å². The van der Waals surface area contributed by atoms with Gasteiger partial charge in [-0.2, -0.15) is 4.98 Å². The van der Waals surface area contributed by atoms with Gasteiger partial charge in [-0.25, -0.2) is 4.98 Å². The summed E-state index contributed by atoms with van der Waals surface area (Å²) in [5.41, 5.74) is 1.27. The maximum Gasteiger partial charge on any atom is 0.226 e. The smallest absolute Gasteiger partial charge is 0.226 e. The second-order valence-corrected chi connectivity index (χ2v) is 4.05. The molecule has 0 bridgehead atoms. The van der Waals surface area contributed by atoms with Gasteiger partial charge < -0.3 is 10.1 Å². The molecule has 0 aliphatic heterocycles. The monoisotopic (exact) mass is 221 g/mol. The Balaban J connectivity index is 2.57. The van der Waals surface area contributed by atoms with E-state index in [-0.39, 0.29) is 6.10 Å². The predicted molar refractivity (Wildman–Crippen MR) is 65.7 cm³/mol. The van der Waals surface area contributed by atoms with Crippen molar-refractivity contribution in [3.8, 4) is 5.88 Å². The minimum Gasteiger partial charge on any atom is -0.475 e. The van der Waals surface area contributed by atoms with Gasteiger partial charge in [0.25, 0.3) is 0 Å². The van der Waals surface area contributed by atoms with Crippen molar-refractivity contribution in [3.63, 3.8) is 0 Å². The van der Waals surface area contributed by atoms with E-state index < -0.39 is 0 Å². The number of allylic oxidation sites excluding steroid dienone is 1. The summed E-state index contributed by atoms with van der Waals surface area (Å²) < 4.78 is 5.48. The summed E-state index contributed by atoms with van der Waals surface area (Å²) in [6, 6.07) is 1.76. The average Bonchev–Trinajstić information content (AvgIpc) is 2.16. The van der Waals surface area contributed by atoms with Gasteiger partial charge in [0.05, 0.1) is 6.10 Å². The number of nitrogens with zero attached hydrogens (tertiary/aromatic N) is 2. The van der Waals surface area contributed by atoms with E-state index in [4.69, 9.17) is 4.74 Å². The molecular formula is C12H19N3O. The number of rotatable bonds is 5. The van der Waals surface area contributed by atoms with E-state index in [0.717, 1.165) is 6.54 Å². The zero-order valence-corrected chi connectivity index (χ0v) is 10.3. The number of hydrogen-bond donors (Lipinski definition) is 1. The highest BCUT2D eigenvalue weighted by atomic mass is 16.5. The molecule has 0 atom stereocenters. The maximum atomic E-state index is 5.48. The van der Waals surface area contributed by atoms with Crippen molar-refractivity contribution < 1.29 is 4.74 Å². The number of nitrogens with one attached hydrogen (secondary N) is 1. The Morgan fingerprint density at radius 1 is 1.50 bits per heavy atom. The van der Waals surface area contributed by atoms with E-state index in [1.54, 1.807) is 12.3 Å². The van der Waals surface area contributed by atoms with E-state index >= 15 is 0 Å². The third-order valence-corrected chi connectivity index (χ3v) is 1.76. The largest absolute Gasteiger partial charge is 0.475 e. The Kier molecular flexibility index (Phi) is 4.76. The zero-order valence-electron chi connectivity index (χ0n) is 10.3. The Labute approximate surface area is 96.8 Å². The fraction of sp³-hybridized carbons (Fsp3) is 0.500. The Morgan fingerprint density at radius 2 is 2.25 bits per heavy atom. The first-order valence-corrected chi connectivity index (χ1v) is 5.45. The van der Waals surface area contributed by atoms with Gasteiger partial charge >= 0.3 is 0 Å². The molecule has 1 rings (SSSR count). The second kappa shape index (κ2) is 6.10. The summed E-state index contributed by atoms with van der Waals surface area (Å²) in [6.45, 7) is 8.78. The van der Waals surface area contributed by atoms with E-state index in [1.807, 2.05) is 13.8 Å². The lowest BCUT2D eigenvalue weighted by Gasteiger charge is -2.09. The Bertz CT molecular complexity index is 357. The first-order chi connectivity index (χ1) is 7.58. The van der Waals surface area contributed by atoms with Crippen LogP contribution in [-0.4, -0.2) is 22.6 Å². The Hall–Kier alpha value is -1.58. The van der Waals surface area contributed by atoms with Crippen molar-refractivity contribution in [2.24, 2.45) is 0 Å². The lowest BCUT2D eigenvalue weighted by molar-refractivity contribution is 0.232. The summed E-state index contributed by atoms with van der Waals surface area (Å²) >= 11 is 0. The summed E-state index contributed by atoms with van der Waals surface area (Å²) in [5, 5.41) is 3.11. The van der Waals surface area contributed by atoms with Crippen LogP contribution in [0.2, 0.25) is 0 Å². The third kappa shape index (κ3) is 4.77. The van der Waals surface area contributed by atoms with Gasteiger partial charge in [0, 0.05) is 18.8 Å². The highest BCUT2D eigenvalue weighted by Crippen LogP contribution is 2.09. The molecule has 0 spiro atoms. The molecule has 0 saturated heterocycles. The van der Waals surface area contributed by atoms with Gasteiger partial charge in [0.2, 0.25) is 11.8 Å². The van der Waals surface area contributed by atoms with Gasteiger partial charge in [-0.3, -0.25) is 0 Å². The molecule has 0 aliphatic carbocycles. The van der Waals surface area contributed by atoms with E-state index in [1.165, 1.54) is 5.57 Å². The van der Waals surface area contributed by atoms with Crippen LogP contribution in [0.25, 0.3) is 0 Å². The van der Waals surface area contributed by atoms with Gasteiger partial charge in [0.1, 0.15) is 0 Å². The molecule has 0 unspecified atom stereocenters. The minimum absolute atomic E-state index is 0.125. The van der Waals surface area contributed by atoms with Crippen molar-refractivity contribution in [2.45, 2.75) is 33.8 Å². The quantitative estimate of drug-likeness (QED) is 0.776. The van der Waals surface area contributed by atoms with Crippen LogP contribution in [0.5, 0.6) is 5.88 Å². The maximum absolute atomic E-state index is 5.48. The van der Waals surface area contributed by atoms with Crippen LogP contribution in [-0.2, 0) is 0 Å². The van der Waals surface area contributed by atoms with Crippen molar-refractivity contribution >= 4 is 5.95 Å². The van der Waals surface area contributed by atoms with Crippen LogP contribution in [0, 0.1) is 0 Å². The topological polar surface area (TPSA) is 47.0 Å². The van der Waals surface area contributed by atoms with Crippen LogP contribution in [0.3, 0.4) is 0 Å². The Morgan fingerprint density at radius 3 is 2.88 bits per heavy atom. The fourth-order valence-corrected chi connectivity index (χ4v) is 1.08. The molecule has 0 fully saturated rings. The molecule has 16 heavy (non-hydrogen) atoms. The standard InChI is InChI=1S/C12H19N3O/c1-9(2)5-7-13-12-14-8-6-11(15-12)16-10(3)4/h5-6,8,10H,7H2,1-4H3,(H,13,14,15). The first kappa shape index (κ1) is 12.5. The molecule has 4 heteroatoms. The number of anilines is 1. The van der Waals surface area contributed by atoms with E-state index in [0.29, 0.717) is 11.8 Å². The molecule has 88 valence electrons. The number of ether oxygens (including phenoxy) is 1. The van der Waals surface area contributed by atoms with E-state index in [2.05, 4.69) is 35.2 Å². The minimum atomic E-state index is 0.125. The van der Waals surface area contributed by atoms with Crippen LogP contribution >= 0.6 is 0 Å². The lowest BCUT2D eigenvalue weighted by atomic mass is 10.3. The van der Waals surface area contributed by atoms with Crippen LogP contribution in [0.1, 0.15) is 27.7 Å². The average molecular weight is 221 g/mol. The van der Waals surface area contributed by atoms with Crippen molar-refractivity contribution in [2.75, 3.05) is 11.9 Å². The molecule has 4 nitrogen and oxygen atoms in total. The molecule has 1 heterocycles. The van der Waals surface area contributed by atoms with Crippen molar-refractivity contribution in [3.05, 3.63) is 23.9 Å². The van der Waals surface area contributed by atoms with E-state index in [9.17, 15) is 0 Å². The molecule has 1 aromatic rings. The number of aromatic nitrogens is 2. The third-order valence-electron chi connectivity index (χ3n) is 1.76. The number of hydrogen-bond acceptors (Lipinski definition) is 4. The zero-order chi connectivity index (χ0) is 12.0. The lowest BCUT2D eigenvalue weighted by Crippen LogP contribution is -2.09. The van der Waals surface area contributed by atoms with Gasteiger partial charge in [-0.15, -0.1) is 0 Å². The van der Waals surface area contributed by atoms with Crippen LogP contribution < -0.4 is 10.1 Å². The molecule has 1 aromatic heterocycles. The molecule has 0 aliphatic rings. The molecule has 1 N–H and O–H groups in total. The van der Waals surface area contributed by atoms with Crippen LogP contribution in [0.4, 0.5) is 5.95 Å². The van der Waals surface area contributed by atoms with Crippen LogP contribution in [0.15, 0.2) is 23.9 Å². The fourth-order valence-electron chi connectivity index (χ4n) is 1.08. The highest BCUT2D eigenvalue weighted by Gasteiger charge is 2.00. The SMILES string of the molecule is CC(C)=CCNc1nccc(OC(C)C)n1. The van der Waals surface area contributed by atoms with Gasteiger partial charge in [0.15, 0.2) is 0 Å². The molecule has 0 amide bonds. The summed E-state index contributed by atoms with van der Waals surface area (Å²) in [7, 11) is 0. The first-order valence-electron chi connectivity index (χ1n) is 5.45. The molecule has 0 radical (unpaired) electrons. The summed E-state index contributed by atoms with van der Waals surface area (Å²) in [4.78, 5) is 8.35. The normalized spacial score (nSPS) is 10.1. The summed E-state index contributed by atoms with van der Waals surface area (Å²) in [5.74, 6) is 1.19. The second-order valence-electron chi connectivity index (χ2n) is 4.05. The molecule has 0 aromatic carbocycles. The highest BCUT2D eigenvalue weighted by molar-refractivity contribution is 5.28. The molecular weight excluding hydrogens is 202 g/mol.